The first-order valence-corrected chi connectivity index (χ1v) is 11.8. The molecule has 0 radical (unpaired) electrons. The van der Waals surface area contributed by atoms with Crippen LogP contribution in [0.2, 0.25) is 0 Å². The Balaban J connectivity index is 1.45. The van der Waals surface area contributed by atoms with E-state index in [0.29, 0.717) is 11.9 Å². The number of pyridine rings is 1. The molecule has 2 aliphatic heterocycles. The van der Waals surface area contributed by atoms with E-state index in [1.807, 2.05) is 30.5 Å². The Kier molecular flexibility index (Phi) is 4.68. The van der Waals surface area contributed by atoms with Crippen LogP contribution < -0.4 is 23.5 Å². The van der Waals surface area contributed by atoms with Crippen LogP contribution in [-0.2, 0) is 13.0 Å². The van der Waals surface area contributed by atoms with E-state index in [1.165, 1.54) is 13.2 Å². The standard InChI is InChI=1S/C28H18FN2O7/c1-35-21-8-7-15-16-5-6-17-23-14(11-22-26(17)37-13-36-22)9-10-30(25(16)23)12-19(15)27(21)38-28(32)18-3-2-4-20(24(18)29)31(33)34/h2-8,11-12H,9-10,13H2,1H3/q+1. The lowest BCUT2D eigenvalue weighted by Gasteiger charge is -2.18. The van der Waals surface area contributed by atoms with Crippen LogP contribution >= 0.6 is 0 Å². The van der Waals surface area contributed by atoms with Gasteiger partial charge in [-0.1, -0.05) is 6.07 Å². The van der Waals surface area contributed by atoms with Crippen LogP contribution in [0.4, 0.5) is 10.1 Å². The highest BCUT2D eigenvalue weighted by atomic mass is 19.1. The van der Waals surface area contributed by atoms with Crippen molar-refractivity contribution in [1.29, 1.82) is 0 Å². The van der Waals surface area contributed by atoms with Crippen LogP contribution in [0.5, 0.6) is 23.0 Å². The monoisotopic (exact) mass is 513 g/mol. The predicted octanol–water partition coefficient (Wildman–Crippen LogP) is 4.99. The SMILES string of the molecule is COc1ccc2c(c[n+]3c4c2ccc2c5c(cc(c24)CC3)OCO5)c1OC(=O)c1cccc([N+](=O)[O-])c1F. The third-order valence-corrected chi connectivity index (χ3v) is 7.14. The van der Waals surface area contributed by atoms with Crippen molar-refractivity contribution in [3.63, 3.8) is 0 Å². The van der Waals surface area contributed by atoms with Gasteiger partial charge in [0.15, 0.2) is 35.7 Å². The molecule has 0 saturated carbocycles. The number of carbonyl (C=O) groups excluding carboxylic acids is 1. The number of carbonyl (C=O) groups is 1. The first-order valence-electron chi connectivity index (χ1n) is 11.8. The second-order valence-electron chi connectivity index (χ2n) is 9.07. The highest BCUT2D eigenvalue weighted by Crippen LogP contribution is 2.46. The highest BCUT2D eigenvalue weighted by Gasteiger charge is 2.31. The quantitative estimate of drug-likeness (QED) is 0.0833. The van der Waals surface area contributed by atoms with Gasteiger partial charge in [-0.2, -0.15) is 8.96 Å². The number of esters is 1. The summed E-state index contributed by atoms with van der Waals surface area (Å²) in [6, 6.07) is 13.0. The number of fused-ring (bicyclic) bond motifs is 4. The second-order valence-corrected chi connectivity index (χ2v) is 9.07. The molecule has 0 bridgehead atoms. The van der Waals surface area contributed by atoms with E-state index in [9.17, 15) is 19.3 Å². The molecule has 9 nitrogen and oxygen atoms in total. The van der Waals surface area contributed by atoms with Gasteiger partial charge < -0.3 is 18.9 Å². The molecule has 0 saturated heterocycles. The summed E-state index contributed by atoms with van der Waals surface area (Å²) in [6.07, 6.45) is 2.65. The van der Waals surface area contributed by atoms with Crippen molar-refractivity contribution >= 4 is 44.1 Å². The molecular weight excluding hydrogens is 495 g/mol. The number of nitro benzene ring substituents is 1. The van der Waals surface area contributed by atoms with Gasteiger partial charge >= 0.3 is 11.7 Å². The number of rotatable bonds is 4. The van der Waals surface area contributed by atoms with Gasteiger partial charge in [0.25, 0.3) is 0 Å². The predicted molar refractivity (Wildman–Crippen MR) is 134 cm³/mol. The van der Waals surface area contributed by atoms with Gasteiger partial charge in [0.05, 0.1) is 28.2 Å². The van der Waals surface area contributed by atoms with Crippen LogP contribution in [0, 0.1) is 15.9 Å². The van der Waals surface area contributed by atoms with Gasteiger partial charge in [0.1, 0.15) is 5.56 Å². The number of benzene rings is 4. The number of halogens is 1. The van der Waals surface area contributed by atoms with Gasteiger partial charge in [0.2, 0.25) is 18.1 Å². The second kappa shape index (κ2) is 8.01. The number of hydrogen-bond acceptors (Lipinski definition) is 7. The Bertz CT molecular complexity index is 1890. The van der Waals surface area contributed by atoms with Crippen LogP contribution in [0.1, 0.15) is 15.9 Å². The summed E-state index contributed by atoms with van der Waals surface area (Å²) in [4.78, 5) is 23.3. The molecule has 0 N–H and O–H groups in total. The molecule has 0 unspecified atom stereocenters. The van der Waals surface area contributed by atoms with Crippen molar-refractivity contribution in [3.8, 4) is 23.0 Å². The van der Waals surface area contributed by atoms with Crippen LogP contribution in [0.3, 0.4) is 0 Å². The molecular formula is C28H18FN2O7+. The molecule has 188 valence electrons. The normalized spacial score (nSPS) is 13.4. The van der Waals surface area contributed by atoms with E-state index >= 15 is 0 Å². The van der Waals surface area contributed by atoms with Crippen molar-refractivity contribution in [2.45, 2.75) is 13.0 Å². The van der Waals surface area contributed by atoms with Crippen LogP contribution in [0.25, 0.3) is 32.4 Å². The van der Waals surface area contributed by atoms with Crippen LogP contribution in [-0.4, -0.2) is 24.8 Å². The Labute approximate surface area is 213 Å². The van der Waals surface area contributed by atoms with E-state index in [0.717, 1.165) is 62.7 Å². The zero-order valence-electron chi connectivity index (χ0n) is 19.9. The van der Waals surface area contributed by atoms with Gasteiger partial charge in [-0.05, 0) is 42.0 Å². The van der Waals surface area contributed by atoms with Gasteiger partial charge in [-0.15, -0.1) is 0 Å². The molecule has 2 aliphatic rings. The van der Waals surface area contributed by atoms with E-state index in [-0.39, 0.29) is 18.3 Å². The highest BCUT2D eigenvalue weighted by molar-refractivity contribution is 6.17. The molecule has 0 spiro atoms. The van der Waals surface area contributed by atoms with Crippen molar-refractivity contribution < 1.29 is 37.6 Å². The fourth-order valence-electron chi connectivity index (χ4n) is 5.47. The smallest absolute Gasteiger partial charge is 0.346 e. The number of nitro groups is 1. The zero-order chi connectivity index (χ0) is 26.1. The molecule has 4 aromatic carbocycles. The van der Waals surface area contributed by atoms with Crippen molar-refractivity contribution in [3.05, 3.63) is 81.8 Å². The summed E-state index contributed by atoms with van der Waals surface area (Å²) in [5.41, 5.74) is 0.829. The average Bonchev–Trinajstić information content (AvgIpc) is 3.40. The Hall–Kier alpha value is -4.99. The molecule has 5 aromatic rings. The summed E-state index contributed by atoms with van der Waals surface area (Å²) in [7, 11) is 1.44. The number of ether oxygens (including phenoxy) is 4. The zero-order valence-corrected chi connectivity index (χ0v) is 19.9. The summed E-state index contributed by atoms with van der Waals surface area (Å²) in [6.45, 7) is 0.853. The summed E-state index contributed by atoms with van der Waals surface area (Å²) in [5, 5.41) is 15.5. The molecule has 1 aromatic heterocycles. The minimum absolute atomic E-state index is 0.100. The van der Waals surface area contributed by atoms with Crippen molar-refractivity contribution in [2.24, 2.45) is 0 Å². The summed E-state index contributed by atoms with van der Waals surface area (Å²) in [5.74, 6) is -0.484. The molecule has 38 heavy (non-hydrogen) atoms. The third-order valence-electron chi connectivity index (χ3n) is 7.14. The third kappa shape index (κ3) is 3.03. The maximum atomic E-state index is 14.8. The fraction of sp³-hybridized carbons (Fsp3) is 0.143. The minimum atomic E-state index is -1.26. The van der Waals surface area contributed by atoms with Gasteiger partial charge in [-0.25, -0.2) is 4.79 Å². The number of aromatic nitrogens is 1. The maximum absolute atomic E-state index is 14.8. The molecule has 10 heteroatoms. The first kappa shape index (κ1) is 22.2. The van der Waals surface area contributed by atoms with E-state index < -0.39 is 28.0 Å². The Morgan fingerprint density at radius 2 is 1.89 bits per heavy atom. The van der Waals surface area contributed by atoms with E-state index in [2.05, 4.69) is 4.57 Å². The average molecular weight is 513 g/mol. The maximum Gasteiger partial charge on any atom is 0.346 e. The van der Waals surface area contributed by atoms with Crippen LogP contribution in [0.15, 0.2) is 54.7 Å². The fourth-order valence-corrected chi connectivity index (χ4v) is 5.47. The lowest BCUT2D eigenvalue weighted by Crippen LogP contribution is -2.38. The molecule has 7 rings (SSSR count). The Morgan fingerprint density at radius 3 is 2.71 bits per heavy atom. The van der Waals surface area contributed by atoms with Crippen molar-refractivity contribution in [1.82, 2.24) is 0 Å². The van der Waals surface area contributed by atoms with Gasteiger partial charge in [-0.3, -0.25) is 10.1 Å². The van der Waals surface area contributed by atoms with Gasteiger partial charge in [0, 0.05) is 23.3 Å². The molecule has 0 amide bonds. The Morgan fingerprint density at radius 1 is 1.08 bits per heavy atom. The number of nitrogens with zero attached hydrogens (tertiary/aromatic N) is 2. The van der Waals surface area contributed by atoms with E-state index in [4.69, 9.17) is 18.9 Å². The lowest BCUT2D eigenvalue weighted by atomic mass is 9.93. The first-order chi connectivity index (χ1) is 18.5. The number of methoxy groups -OCH3 is 1. The molecule has 0 aliphatic carbocycles. The molecule has 0 atom stereocenters. The topological polar surface area (TPSA) is 101 Å². The summed E-state index contributed by atoms with van der Waals surface area (Å²) < 4.78 is 39.4. The number of hydrogen-bond donors (Lipinski definition) is 0. The number of aryl methyl sites for hydroxylation is 2. The largest absolute Gasteiger partial charge is 0.493 e. The summed E-state index contributed by atoms with van der Waals surface area (Å²) >= 11 is 0. The lowest BCUT2D eigenvalue weighted by molar-refractivity contribution is -0.670. The molecule has 3 heterocycles. The minimum Gasteiger partial charge on any atom is -0.493 e. The molecule has 0 fully saturated rings. The van der Waals surface area contributed by atoms with E-state index in [1.54, 1.807) is 6.07 Å². The van der Waals surface area contributed by atoms with Crippen molar-refractivity contribution in [2.75, 3.05) is 13.9 Å².